The van der Waals surface area contributed by atoms with Crippen molar-refractivity contribution in [1.29, 1.82) is 0 Å². The number of aromatic carboxylic acids is 1. The van der Waals surface area contributed by atoms with Gasteiger partial charge in [0.15, 0.2) is 5.78 Å². The Morgan fingerprint density at radius 3 is 2.45 bits per heavy atom. The minimum Gasteiger partial charge on any atom is -0.493 e. The summed E-state index contributed by atoms with van der Waals surface area (Å²) in [5.41, 5.74) is -0.118. The van der Waals surface area contributed by atoms with Crippen molar-refractivity contribution >= 4 is 11.8 Å². The van der Waals surface area contributed by atoms with Gasteiger partial charge < -0.3 is 9.84 Å². The van der Waals surface area contributed by atoms with E-state index in [9.17, 15) is 14.7 Å². The Morgan fingerprint density at radius 1 is 1.14 bits per heavy atom. The predicted octanol–water partition coefficient (Wildman–Crippen LogP) is 4.11. The number of unbranched alkanes of at least 4 members (excludes halogenated alkanes) is 5. The van der Waals surface area contributed by atoms with Crippen LogP contribution in [-0.4, -0.2) is 28.4 Å². The first-order valence-electron chi connectivity index (χ1n) is 8.00. The van der Waals surface area contributed by atoms with Gasteiger partial charge in [0, 0.05) is 12.6 Å². The number of rotatable bonds is 11. The van der Waals surface area contributed by atoms with E-state index in [1.807, 2.05) is 0 Å². The number of aromatic nitrogens is 1. The van der Waals surface area contributed by atoms with Gasteiger partial charge in [-0.25, -0.2) is 4.79 Å². The lowest BCUT2D eigenvalue weighted by Crippen LogP contribution is -2.13. The molecule has 5 nitrogen and oxygen atoms in total. The fourth-order valence-corrected chi connectivity index (χ4v) is 2.32. The molecule has 0 aliphatic heterocycles. The van der Waals surface area contributed by atoms with Gasteiger partial charge in [0.05, 0.1) is 6.61 Å². The second kappa shape index (κ2) is 9.92. The van der Waals surface area contributed by atoms with E-state index in [2.05, 4.69) is 11.9 Å². The molecule has 1 rings (SSSR count). The van der Waals surface area contributed by atoms with Crippen molar-refractivity contribution in [3.8, 4) is 5.75 Å². The lowest BCUT2D eigenvalue weighted by Gasteiger charge is -2.10. The van der Waals surface area contributed by atoms with Crippen LogP contribution < -0.4 is 4.74 Å². The Morgan fingerprint density at radius 2 is 1.82 bits per heavy atom. The summed E-state index contributed by atoms with van der Waals surface area (Å²) < 4.78 is 5.29. The third-order valence-corrected chi connectivity index (χ3v) is 3.45. The van der Waals surface area contributed by atoms with Crippen molar-refractivity contribution in [2.45, 2.75) is 58.8 Å². The van der Waals surface area contributed by atoms with E-state index >= 15 is 0 Å². The second-order valence-electron chi connectivity index (χ2n) is 5.21. The van der Waals surface area contributed by atoms with Crippen LogP contribution in [0.4, 0.5) is 0 Å². The highest BCUT2D eigenvalue weighted by Crippen LogP contribution is 2.22. The molecule has 0 spiro atoms. The fraction of sp³-hybridized carbons (Fsp3) is 0.588. The first kappa shape index (κ1) is 18.1. The molecule has 0 amide bonds. The van der Waals surface area contributed by atoms with Crippen LogP contribution in [-0.2, 0) is 0 Å². The molecule has 5 heteroatoms. The number of carboxylic acids is 1. The first-order chi connectivity index (χ1) is 10.6. The molecule has 0 saturated carbocycles. The largest absolute Gasteiger partial charge is 0.493 e. The number of pyridine rings is 1. The van der Waals surface area contributed by atoms with Crippen molar-refractivity contribution in [3.05, 3.63) is 23.5 Å². The minimum absolute atomic E-state index is 0.00649. The van der Waals surface area contributed by atoms with Gasteiger partial charge in [0.2, 0.25) is 0 Å². The third-order valence-electron chi connectivity index (χ3n) is 3.45. The van der Waals surface area contributed by atoms with Crippen molar-refractivity contribution in [2.75, 3.05) is 6.61 Å². The van der Waals surface area contributed by atoms with E-state index in [-0.39, 0.29) is 22.8 Å². The van der Waals surface area contributed by atoms with E-state index < -0.39 is 5.97 Å². The lowest BCUT2D eigenvalue weighted by molar-refractivity contribution is 0.0686. The van der Waals surface area contributed by atoms with Crippen LogP contribution in [0.25, 0.3) is 0 Å². The molecule has 1 heterocycles. The SMILES string of the molecule is CCCCCCCCC(=O)c1nccc(OCC)c1C(=O)O. The highest BCUT2D eigenvalue weighted by molar-refractivity contribution is 6.05. The first-order valence-corrected chi connectivity index (χ1v) is 8.00. The van der Waals surface area contributed by atoms with Crippen molar-refractivity contribution in [3.63, 3.8) is 0 Å². The number of carboxylic acid groups (broad SMARTS) is 1. The summed E-state index contributed by atoms with van der Waals surface area (Å²) in [6, 6.07) is 1.48. The predicted molar refractivity (Wildman–Crippen MR) is 84.7 cm³/mol. The fourth-order valence-electron chi connectivity index (χ4n) is 2.32. The van der Waals surface area contributed by atoms with E-state index in [1.54, 1.807) is 6.92 Å². The molecule has 1 aromatic heterocycles. The molecule has 1 N–H and O–H groups in total. The van der Waals surface area contributed by atoms with E-state index in [0.29, 0.717) is 13.0 Å². The van der Waals surface area contributed by atoms with Crippen LogP contribution in [0.3, 0.4) is 0 Å². The molecule has 122 valence electrons. The minimum atomic E-state index is -1.18. The van der Waals surface area contributed by atoms with Crippen LogP contribution in [0.1, 0.15) is 79.6 Å². The Kier molecular flexibility index (Phi) is 8.18. The quantitative estimate of drug-likeness (QED) is 0.491. The number of nitrogens with zero attached hydrogens (tertiary/aromatic N) is 1. The van der Waals surface area contributed by atoms with Crippen LogP contribution in [0, 0.1) is 0 Å². The smallest absolute Gasteiger partial charge is 0.341 e. The van der Waals surface area contributed by atoms with Gasteiger partial charge in [0.25, 0.3) is 0 Å². The maximum Gasteiger partial charge on any atom is 0.341 e. The second-order valence-corrected chi connectivity index (χ2v) is 5.21. The zero-order valence-electron chi connectivity index (χ0n) is 13.4. The summed E-state index contributed by atoms with van der Waals surface area (Å²) in [6.45, 7) is 4.27. The Bertz CT molecular complexity index is 499. The van der Waals surface area contributed by atoms with Gasteiger partial charge in [-0.05, 0) is 19.4 Å². The number of carbonyl (C=O) groups excluding carboxylic acids is 1. The van der Waals surface area contributed by atoms with Gasteiger partial charge in [0.1, 0.15) is 17.0 Å². The Hall–Kier alpha value is -1.91. The molecule has 0 aliphatic carbocycles. The van der Waals surface area contributed by atoms with Gasteiger partial charge in [-0.15, -0.1) is 0 Å². The third kappa shape index (κ3) is 5.47. The summed E-state index contributed by atoms with van der Waals surface area (Å²) in [7, 11) is 0. The normalized spacial score (nSPS) is 10.5. The Labute approximate surface area is 131 Å². The molecule has 0 aromatic carbocycles. The number of ketones is 1. The molecule has 1 aromatic rings. The number of hydrogen-bond donors (Lipinski definition) is 1. The number of carbonyl (C=O) groups is 2. The van der Waals surface area contributed by atoms with Crippen LogP contribution in [0.15, 0.2) is 12.3 Å². The highest BCUT2D eigenvalue weighted by atomic mass is 16.5. The van der Waals surface area contributed by atoms with Crippen LogP contribution in [0.2, 0.25) is 0 Å². The lowest BCUT2D eigenvalue weighted by atomic mass is 10.0. The summed E-state index contributed by atoms with van der Waals surface area (Å²) in [6.07, 6.45) is 8.20. The number of ether oxygens (including phenoxy) is 1. The monoisotopic (exact) mass is 307 g/mol. The summed E-state index contributed by atoms with van der Waals surface area (Å²) in [4.78, 5) is 27.6. The molecule has 0 radical (unpaired) electrons. The van der Waals surface area contributed by atoms with Gasteiger partial charge in [-0.2, -0.15) is 0 Å². The molecule has 0 bridgehead atoms. The topological polar surface area (TPSA) is 76.5 Å². The van der Waals surface area contributed by atoms with E-state index in [1.165, 1.54) is 31.5 Å². The van der Waals surface area contributed by atoms with Crippen LogP contribution >= 0.6 is 0 Å². The summed E-state index contributed by atoms with van der Waals surface area (Å²) in [5, 5.41) is 9.32. The number of hydrogen-bond acceptors (Lipinski definition) is 4. The molecular formula is C17H25NO4. The zero-order valence-corrected chi connectivity index (χ0v) is 13.4. The van der Waals surface area contributed by atoms with E-state index in [4.69, 9.17) is 4.74 Å². The van der Waals surface area contributed by atoms with Crippen molar-refractivity contribution in [2.24, 2.45) is 0 Å². The molecule has 0 unspecified atom stereocenters. The maximum atomic E-state index is 12.2. The molecule has 22 heavy (non-hydrogen) atoms. The van der Waals surface area contributed by atoms with Gasteiger partial charge >= 0.3 is 5.97 Å². The zero-order chi connectivity index (χ0) is 16.4. The Balaban J connectivity index is 2.68. The van der Waals surface area contributed by atoms with Crippen molar-refractivity contribution in [1.82, 2.24) is 4.98 Å². The molecule has 0 aliphatic rings. The summed E-state index contributed by atoms with van der Waals surface area (Å²) >= 11 is 0. The van der Waals surface area contributed by atoms with Crippen LogP contribution in [0.5, 0.6) is 5.75 Å². The number of Topliss-reactive ketones (excluding diaryl/α,β-unsaturated/α-hetero) is 1. The average Bonchev–Trinajstić information content (AvgIpc) is 2.50. The average molecular weight is 307 g/mol. The molecule has 0 fully saturated rings. The van der Waals surface area contributed by atoms with Gasteiger partial charge in [-0.3, -0.25) is 9.78 Å². The molecular weight excluding hydrogens is 282 g/mol. The van der Waals surface area contributed by atoms with Gasteiger partial charge in [-0.1, -0.05) is 39.0 Å². The van der Waals surface area contributed by atoms with Crippen molar-refractivity contribution < 1.29 is 19.4 Å². The standard InChI is InChI=1S/C17H25NO4/c1-3-5-6-7-8-9-10-13(19)16-15(17(20)21)14(22-4-2)11-12-18-16/h11-12H,3-10H2,1-2H3,(H,20,21). The molecule has 0 saturated heterocycles. The maximum absolute atomic E-state index is 12.2. The molecule has 0 atom stereocenters. The summed E-state index contributed by atoms with van der Waals surface area (Å²) in [5.74, 6) is -1.20. The van der Waals surface area contributed by atoms with E-state index in [0.717, 1.165) is 19.3 Å². The highest BCUT2D eigenvalue weighted by Gasteiger charge is 2.22.